The molecule has 0 amide bonds. The molecule has 4 atom stereocenters. The van der Waals surface area contributed by atoms with E-state index < -0.39 is 5.54 Å². The third kappa shape index (κ3) is 6.59. The summed E-state index contributed by atoms with van der Waals surface area (Å²) in [6, 6.07) is 14.0. The predicted molar refractivity (Wildman–Crippen MR) is 190 cm³/mol. The van der Waals surface area contributed by atoms with Gasteiger partial charge in [0.05, 0.1) is 13.7 Å². The molecule has 3 aromatic rings. The third-order valence-electron chi connectivity index (χ3n) is 11.7. The summed E-state index contributed by atoms with van der Waals surface area (Å²) in [7, 11) is 1.47. The highest BCUT2D eigenvalue weighted by molar-refractivity contribution is 6.30. The molecule has 7 rings (SSSR count). The highest BCUT2D eigenvalue weighted by Crippen LogP contribution is 2.58. The Morgan fingerprint density at radius 2 is 2.00 bits per heavy atom. The molecule has 9 heteroatoms. The number of esters is 1. The van der Waals surface area contributed by atoms with Crippen molar-refractivity contribution in [3.05, 3.63) is 76.1 Å². The Hall–Kier alpha value is -3.49. The van der Waals surface area contributed by atoms with Crippen molar-refractivity contribution in [2.24, 2.45) is 11.8 Å². The minimum absolute atomic E-state index is 0.0613. The molecule has 1 saturated carbocycles. The first kappa shape index (κ1) is 34.0. The Bertz CT molecular complexity index is 1670. The molecule has 0 bridgehead atoms. The van der Waals surface area contributed by atoms with Crippen molar-refractivity contribution in [2.75, 3.05) is 32.2 Å². The topological polar surface area (TPSA) is 99.1 Å². The zero-order valence-corrected chi connectivity index (χ0v) is 29.7. The fourth-order valence-corrected chi connectivity index (χ4v) is 9.37. The maximum atomic E-state index is 13.5. The molecule has 0 radical (unpaired) electrons. The number of anilines is 1. The van der Waals surface area contributed by atoms with E-state index in [0.29, 0.717) is 55.3 Å². The summed E-state index contributed by atoms with van der Waals surface area (Å²) in [4.78, 5) is 18.2. The number of aliphatic hydroxyl groups excluding tert-OH is 1. The van der Waals surface area contributed by atoms with Crippen LogP contribution in [0, 0.1) is 11.8 Å². The van der Waals surface area contributed by atoms with Crippen LogP contribution in [0.5, 0.6) is 17.2 Å². The maximum absolute atomic E-state index is 13.5. The molecule has 0 saturated heterocycles. The molecule has 1 spiro atoms. The monoisotopic (exact) mass is 688 g/mol. The van der Waals surface area contributed by atoms with Crippen molar-refractivity contribution in [3.8, 4) is 17.2 Å². The first-order valence-corrected chi connectivity index (χ1v) is 18.4. The Morgan fingerprint density at radius 3 is 2.78 bits per heavy atom. The molecule has 262 valence electrons. The van der Waals surface area contributed by atoms with Crippen LogP contribution in [-0.2, 0) is 27.8 Å². The van der Waals surface area contributed by atoms with Gasteiger partial charge in [-0.3, -0.25) is 4.98 Å². The molecular weight excluding hydrogens is 640 g/mol. The Labute approximate surface area is 294 Å². The summed E-state index contributed by atoms with van der Waals surface area (Å²) in [5.41, 5.74) is 4.90. The number of nitrogens with one attached hydrogen (secondary N) is 1. The van der Waals surface area contributed by atoms with Gasteiger partial charge in [0.25, 0.3) is 0 Å². The standard InChI is InChI=1S/C40H49ClN2O6/c1-25(23-47-34-10-16-42-33-9-4-6-26(2)37(33)34)18-28-19-27-20-36-35(48-24-31(49-36)11-17-44)22-32(27)39(28)12-14-40(15-13-39,38(45)46-3)43-30-8-5-7-29(41)21-30/h5,7-8,10,16,20-22,25-26,28,31,43-44H,4,6,9,11-15,17-19,23-24H2,1-3H3/t25-,26-,28+,31+,39?,40?/m1/s1. The Kier molecular flexibility index (Phi) is 9.73. The van der Waals surface area contributed by atoms with E-state index in [0.717, 1.165) is 55.0 Å². The van der Waals surface area contributed by atoms with E-state index in [4.69, 9.17) is 30.5 Å². The number of hydrogen-bond acceptors (Lipinski definition) is 8. The van der Waals surface area contributed by atoms with Crippen LogP contribution >= 0.6 is 11.6 Å². The minimum Gasteiger partial charge on any atom is -0.493 e. The van der Waals surface area contributed by atoms with Crippen LogP contribution in [0.1, 0.15) is 93.5 Å². The van der Waals surface area contributed by atoms with Gasteiger partial charge in [-0.1, -0.05) is 31.5 Å². The lowest BCUT2D eigenvalue weighted by Crippen LogP contribution is -2.53. The summed E-state index contributed by atoms with van der Waals surface area (Å²) >= 11 is 6.33. The summed E-state index contributed by atoms with van der Waals surface area (Å²) in [6.45, 7) is 5.70. The van der Waals surface area contributed by atoms with Crippen LogP contribution < -0.4 is 19.5 Å². The van der Waals surface area contributed by atoms with Crippen molar-refractivity contribution in [1.82, 2.24) is 4.98 Å². The number of nitrogens with zero attached hydrogens (tertiary/aromatic N) is 1. The molecule has 3 aliphatic carbocycles. The average Bonchev–Trinajstić information content (AvgIpc) is 3.37. The zero-order valence-electron chi connectivity index (χ0n) is 28.9. The first-order chi connectivity index (χ1) is 23.7. The lowest BCUT2D eigenvalue weighted by Gasteiger charge is -2.48. The molecule has 8 nitrogen and oxygen atoms in total. The van der Waals surface area contributed by atoms with Crippen molar-refractivity contribution >= 4 is 23.3 Å². The molecule has 2 aromatic carbocycles. The second kappa shape index (κ2) is 14.0. The second-order valence-corrected chi connectivity index (χ2v) is 15.3. The SMILES string of the molecule is COC(=O)C1(Nc2cccc(Cl)c2)CCC2(CC1)c1cc3c(cc1C[C@@H]2C[C@@H](C)COc1ccnc2c1[C@H](C)CCC2)O[C@@H](CCO)CO3. The molecule has 1 aromatic heterocycles. The highest BCUT2D eigenvalue weighted by Gasteiger charge is 2.55. The number of carbonyl (C=O) groups excluding carboxylic acids is 1. The zero-order chi connectivity index (χ0) is 34.2. The molecular formula is C40H49ClN2O6. The molecule has 1 aliphatic heterocycles. The quantitative estimate of drug-likeness (QED) is 0.208. The summed E-state index contributed by atoms with van der Waals surface area (Å²) in [6.07, 6.45) is 10.5. The Balaban J connectivity index is 1.16. The van der Waals surface area contributed by atoms with Gasteiger partial charge in [0, 0.05) is 41.2 Å². The van der Waals surface area contributed by atoms with E-state index in [2.05, 4.69) is 36.3 Å². The van der Waals surface area contributed by atoms with Crippen LogP contribution in [0.25, 0.3) is 0 Å². The summed E-state index contributed by atoms with van der Waals surface area (Å²) < 4.78 is 24.5. The van der Waals surface area contributed by atoms with Gasteiger partial charge in [0.15, 0.2) is 11.5 Å². The number of pyridine rings is 1. The van der Waals surface area contributed by atoms with Gasteiger partial charge in [-0.25, -0.2) is 4.79 Å². The van der Waals surface area contributed by atoms with Crippen LogP contribution in [0.15, 0.2) is 48.7 Å². The number of ether oxygens (including phenoxy) is 4. The highest BCUT2D eigenvalue weighted by atomic mass is 35.5. The van der Waals surface area contributed by atoms with E-state index in [1.165, 1.54) is 42.3 Å². The smallest absolute Gasteiger partial charge is 0.331 e. The molecule has 4 aliphatic rings. The lowest BCUT2D eigenvalue weighted by atomic mass is 9.59. The van der Waals surface area contributed by atoms with Crippen molar-refractivity contribution in [2.45, 2.75) is 101 Å². The molecule has 2 heterocycles. The number of hydrogen-bond donors (Lipinski definition) is 2. The molecule has 2 N–H and O–H groups in total. The van der Waals surface area contributed by atoms with Crippen LogP contribution in [-0.4, -0.2) is 54.6 Å². The summed E-state index contributed by atoms with van der Waals surface area (Å²) in [5, 5.41) is 13.7. The number of fused-ring (bicyclic) bond motifs is 4. The van der Waals surface area contributed by atoms with Gasteiger partial charge in [-0.15, -0.1) is 0 Å². The van der Waals surface area contributed by atoms with Crippen LogP contribution in [0.4, 0.5) is 5.69 Å². The van der Waals surface area contributed by atoms with Crippen molar-refractivity contribution in [1.29, 1.82) is 0 Å². The molecule has 1 fully saturated rings. The van der Waals surface area contributed by atoms with Crippen LogP contribution in [0.2, 0.25) is 5.02 Å². The van der Waals surface area contributed by atoms with E-state index in [1.54, 1.807) is 0 Å². The maximum Gasteiger partial charge on any atom is 0.331 e. The summed E-state index contributed by atoms with van der Waals surface area (Å²) in [5.74, 6) is 3.39. The number of benzene rings is 2. The van der Waals surface area contributed by atoms with Gasteiger partial charge in [0.2, 0.25) is 0 Å². The number of methoxy groups -OCH3 is 1. The lowest BCUT2D eigenvalue weighted by molar-refractivity contribution is -0.148. The fraction of sp³-hybridized carbons (Fsp3) is 0.550. The number of rotatable bonds is 10. The molecule has 49 heavy (non-hydrogen) atoms. The first-order valence-electron chi connectivity index (χ1n) is 18.0. The normalized spacial score (nSPS) is 27.6. The van der Waals surface area contributed by atoms with Crippen molar-refractivity contribution in [3.63, 3.8) is 0 Å². The van der Waals surface area contributed by atoms with Crippen LogP contribution in [0.3, 0.4) is 0 Å². The third-order valence-corrected chi connectivity index (χ3v) is 11.9. The largest absolute Gasteiger partial charge is 0.493 e. The number of aryl methyl sites for hydroxylation is 1. The molecule has 0 unspecified atom stereocenters. The van der Waals surface area contributed by atoms with Gasteiger partial charge in [-0.2, -0.15) is 0 Å². The Morgan fingerprint density at radius 1 is 1.16 bits per heavy atom. The minimum atomic E-state index is -0.852. The van der Waals surface area contributed by atoms with Gasteiger partial charge in [0.1, 0.15) is 24.0 Å². The van der Waals surface area contributed by atoms with E-state index in [9.17, 15) is 9.90 Å². The van der Waals surface area contributed by atoms with Gasteiger partial charge in [-0.05, 0) is 128 Å². The number of aromatic nitrogens is 1. The fourth-order valence-electron chi connectivity index (χ4n) is 9.18. The van der Waals surface area contributed by atoms with Gasteiger partial charge < -0.3 is 29.4 Å². The number of halogens is 1. The van der Waals surface area contributed by atoms with E-state index in [1.807, 2.05) is 36.5 Å². The number of aliphatic hydroxyl groups is 1. The second-order valence-electron chi connectivity index (χ2n) is 14.9. The van der Waals surface area contributed by atoms with E-state index in [-0.39, 0.29) is 24.1 Å². The number of carbonyl (C=O) groups is 1. The van der Waals surface area contributed by atoms with Crippen molar-refractivity contribution < 1.29 is 28.8 Å². The predicted octanol–water partition coefficient (Wildman–Crippen LogP) is 7.81. The van der Waals surface area contributed by atoms with E-state index >= 15 is 0 Å². The van der Waals surface area contributed by atoms with Gasteiger partial charge >= 0.3 is 5.97 Å². The average molecular weight is 689 g/mol.